The summed E-state index contributed by atoms with van der Waals surface area (Å²) in [5.74, 6) is 1.01. The van der Waals surface area contributed by atoms with Crippen LogP contribution in [0, 0.1) is 5.82 Å². The number of rotatable bonds is 8. The van der Waals surface area contributed by atoms with Crippen molar-refractivity contribution in [2.24, 2.45) is 0 Å². The lowest BCUT2D eigenvalue weighted by atomic mass is 10.1. The molecule has 0 atom stereocenters. The largest absolute Gasteiger partial charge is 0.497 e. The molecule has 33 heavy (non-hydrogen) atoms. The fourth-order valence-corrected chi connectivity index (χ4v) is 3.49. The predicted molar refractivity (Wildman–Crippen MR) is 123 cm³/mol. The number of halogens is 1. The number of ether oxygens (including phenoxy) is 3. The van der Waals surface area contributed by atoms with Gasteiger partial charge in [0.25, 0.3) is 5.56 Å². The lowest BCUT2D eigenvalue weighted by Crippen LogP contribution is -2.27. The quantitative estimate of drug-likeness (QED) is 0.438. The summed E-state index contributed by atoms with van der Waals surface area (Å²) in [5, 5.41) is -0.0323. The zero-order chi connectivity index (χ0) is 23.4. The molecular formula is C24H23FN4O4. The lowest BCUT2D eigenvalue weighted by Gasteiger charge is -2.24. The van der Waals surface area contributed by atoms with Crippen molar-refractivity contribution in [1.82, 2.24) is 15.0 Å². The fraction of sp³-hybridized carbons (Fsp3) is 0.208. The summed E-state index contributed by atoms with van der Waals surface area (Å²) in [6.07, 6.45) is 0.995. The predicted octanol–water partition coefficient (Wildman–Crippen LogP) is 3.69. The minimum atomic E-state index is -0.702. The van der Waals surface area contributed by atoms with Gasteiger partial charge in [-0.15, -0.1) is 0 Å². The molecule has 8 nitrogen and oxygen atoms in total. The van der Waals surface area contributed by atoms with Crippen LogP contribution in [0.4, 0.5) is 10.3 Å². The summed E-state index contributed by atoms with van der Waals surface area (Å²) in [5.41, 5.74) is 1.28. The number of nitrogens with one attached hydrogen (secondary N) is 1. The third kappa shape index (κ3) is 4.72. The van der Waals surface area contributed by atoms with Crippen LogP contribution in [0.3, 0.4) is 0 Å². The van der Waals surface area contributed by atoms with E-state index >= 15 is 0 Å². The Morgan fingerprint density at radius 2 is 1.42 bits per heavy atom. The molecule has 0 fully saturated rings. The first-order chi connectivity index (χ1) is 16.0. The van der Waals surface area contributed by atoms with E-state index in [1.54, 1.807) is 14.2 Å². The van der Waals surface area contributed by atoms with Gasteiger partial charge in [-0.3, -0.25) is 9.78 Å². The second-order valence-electron chi connectivity index (χ2n) is 7.28. The van der Waals surface area contributed by atoms with E-state index in [1.165, 1.54) is 7.11 Å². The van der Waals surface area contributed by atoms with E-state index < -0.39 is 11.4 Å². The molecule has 0 aliphatic heterocycles. The van der Waals surface area contributed by atoms with E-state index in [0.29, 0.717) is 13.1 Å². The van der Waals surface area contributed by atoms with Crippen LogP contribution < -0.4 is 24.7 Å². The fourth-order valence-electron chi connectivity index (χ4n) is 3.49. The third-order valence-corrected chi connectivity index (χ3v) is 5.20. The van der Waals surface area contributed by atoms with Crippen molar-refractivity contribution in [2.45, 2.75) is 13.1 Å². The van der Waals surface area contributed by atoms with Gasteiger partial charge < -0.3 is 19.1 Å². The van der Waals surface area contributed by atoms with Gasteiger partial charge in [-0.05, 0) is 35.4 Å². The molecule has 2 heterocycles. The van der Waals surface area contributed by atoms with Crippen LogP contribution in [0.15, 0.2) is 59.5 Å². The van der Waals surface area contributed by atoms with Crippen molar-refractivity contribution in [3.8, 4) is 17.4 Å². The Morgan fingerprint density at radius 3 is 1.91 bits per heavy atom. The lowest BCUT2D eigenvalue weighted by molar-refractivity contribution is 0.401. The van der Waals surface area contributed by atoms with E-state index in [2.05, 4.69) is 15.0 Å². The maximum atomic E-state index is 14.6. The summed E-state index contributed by atoms with van der Waals surface area (Å²) in [6, 6.07) is 15.1. The van der Waals surface area contributed by atoms with Gasteiger partial charge in [-0.2, -0.15) is 0 Å². The van der Waals surface area contributed by atoms with Gasteiger partial charge in [0.05, 0.1) is 27.5 Å². The van der Waals surface area contributed by atoms with Crippen molar-refractivity contribution >= 4 is 16.9 Å². The summed E-state index contributed by atoms with van der Waals surface area (Å²) >= 11 is 0. The Hall–Kier alpha value is -4.14. The van der Waals surface area contributed by atoms with Crippen LogP contribution in [-0.2, 0) is 13.1 Å². The molecule has 0 spiro atoms. The monoisotopic (exact) mass is 450 g/mol. The third-order valence-electron chi connectivity index (χ3n) is 5.20. The molecule has 0 saturated carbocycles. The minimum absolute atomic E-state index is 0.0172. The summed E-state index contributed by atoms with van der Waals surface area (Å²) in [4.78, 5) is 25.7. The SMILES string of the molecule is COc1ccc(CN(Cc2ccc(OC)cc2)c2nc3c(F)cnc(OC)c3c(=O)[nH]2)cc1. The maximum absolute atomic E-state index is 14.6. The highest BCUT2D eigenvalue weighted by atomic mass is 19.1. The highest BCUT2D eigenvalue weighted by molar-refractivity contribution is 5.83. The van der Waals surface area contributed by atoms with Gasteiger partial charge in [0.2, 0.25) is 11.8 Å². The van der Waals surface area contributed by atoms with Crippen molar-refractivity contribution in [3.05, 3.63) is 82.0 Å². The zero-order valence-electron chi connectivity index (χ0n) is 18.5. The number of H-pyrrole nitrogens is 1. The molecule has 0 saturated heterocycles. The van der Waals surface area contributed by atoms with Gasteiger partial charge in [0.1, 0.15) is 22.4 Å². The Morgan fingerprint density at radius 1 is 0.879 bits per heavy atom. The number of aromatic nitrogens is 3. The van der Waals surface area contributed by atoms with E-state index in [-0.39, 0.29) is 22.7 Å². The number of anilines is 1. The molecule has 4 aromatic rings. The van der Waals surface area contributed by atoms with Crippen LogP contribution in [0.2, 0.25) is 0 Å². The average Bonchev–Trinajstić information content (AvgIpc) is 2.85. The smallest absolute Gasteiger partial charge is 0.265 e. The Bertz CT molecular complexity index is 1260. The van der Waals surface area contributed by atoms with Crippen LogP contribution in [0.5, 0.6) is 17.4 Å². The number of aromatic amines is 1. The zero-order valence-corrected chi connectivity index (χ0v) is 18.5. The first kappa shape index (κ1) is 22.1. The molecule has 0 bridgehead atoms. The number of hydrogen-bond donors (Lipinski definition) is 1. The normalized spacial score (nSPS) is 10.8. The van der Waals surface area contributed by atoms with E-state index in [1.807, 2.05) is 53.4 Å². The first-order valence-electron chi connectivity index (χ1n) is 10.2. The number of hydrogen-bond acceptors (Lipinski definition) is 7. The van der Waals surface area contributed by atoms with E-state index in [9.17, 15) is 9.18 Å². The summed E-state index contributed by atoms with van der Waals surface area (Å²) < 4.78 is 30.2. The number of benzene rings is 2. The molecule has 9 heteroatoms. The van der Waals surface area contributed by atoms with Gasteiger partial charge in [0, 0.05) is 13.1 Å². The molecule has 0 radical (unpaired) electrons. The van der Waals surface area contributed by atoms with Gasteiger partial charge >= 0.3 is 0 Å². The van der Waals surface area contributed by atoms with Crippen molar-refractivity contribution in [1.29, 1.82) is 0 Å². The van der Waals surface area contributed by atoms with Crippen molar-refractivity contribution < 1.29 is 18.6 Å². The molecule has 2 aromatic carbocycles. The molecular weight excluding hydrogens is 427 g/mol. The van der Waals surface area contributed by atoms with Crippen LogP contribution in [0.1, 0.15) is 11.1 Å². The molecule has 170 valence electrons. The molecule has 0 aliphatic rings. The first-order valence-corrected chi connectivity index (χ1v) is 10.2. The molecule has 0 amide bonds. The molecule has 0 unspecified atom stereocenters. The van der Waals surface area contributed by atoms with Gasteiger partial charge in [-0.1, -0.05) is 24.3 Å². The Labute approximate surface area is 189 Å². The highest BCUT2D eigenvalue weighted by Gasteiger charge is 2.18. The molecule has 4 rings (SSSR count). The van der Waals surface area contributed by atoms with Crippen molar-refractivity contribution in [3.63, 3.8) is 0 Å². The average molecular weight is 450 g/mol. The number of fused-ring (bicyclic) bond motifs is 1. The van der Waals surface area contributed by atoms with Crippen LogP contribution in [0.25, 0.3) is 10.9 Å². The Kier molecular flexibility index (Phi) is 6.39. The number of pyridine rings is 1. The van der Waals surface area contributed by atoms with Crippen molar-refractivity contribution in [2.75, 3.05) is 26.2 Å². The topological polar surface area (TPSA) is 89.6 Å². The summed E-state index contributed by atoms with van der Waals surface area (Å²) in [7, 11) is 4.57. The Balaban J connectivity index is 1.77. The van der Waals surface area contributed by atoms with E-state index in [4.69, 9.17) is 14.2 Å². The van der Waals surface area contributed by atoms with Gasteiger partial charge in [-0.25, -0.2) is 14.4 Å². The second-order valence-corrected chi connectivity index (χ2v) is 7.28. The van der Waals surface area contributed by atoms with Crippen LogP contribution in [-0.4, -0.2) is 36.3 Å². The standard InChI is InChI=1S/C24H23FN4O4/c1-31-17-8-4-15(5-9-17)13-29(14-16-6-10-18(32-2)11-7-16)24-27-21-19(25)12-26-23(33-3)20(21)22(30)28-24/h4-12H,13-14H2,1-3H3,(H,27,28,30). The maximum Gasteiger partial charge on any atom is 0.265 e. The summed E-state index contributed by atoms with van der Waals surface area (Å²) in [6.45, 7) is 0.822. The van der Waals surface area contributed by atoms with Crippen LogP contribution >= 0.6 is 0 Å². The molecule has 2 aromatic heterocycles. The number of nitrogens with zero attached hydrogens (tertiary/aromatic N) is 3. The highest BCUT2D eigenvalue weighted by Crippen LogP contribution is 2.24. The molecule has 0 aliphatic carbocycles. The second kappa shape index (κ2) is 9.56. The molecule has 1 N–H and O–H groups in total. The van der Waals surface area contributed by atoms with E-state index in [0.717, 1.165) is 28.8 Å². The van der Waals surface area contributed by atoms with Gasteiger partial charge in [0.15, 0.2) is 5.82 Å². The minimum Gasteiger partial charge on any atom is -0.497 e. The number of methoxy groups -OCH3 is 3.